The lowest BCUT2D eigenvalue weighted by molar-refractivity contribution is -0.657. The average Bonchev–Trinajstić information content (AvgIpc) is 3.43. The summed E-state index contributed by atoms with van der Waals surface area (Å²) in [7, 11) is 12.1. The molecule has 214 valence electrons. The molecule has 0 aliphatic heterocycles. The molecule has 40 heavy (non-hydrogen) atoms. The van der Waals surface area contributed by atoms with E-state index in [-0.39, 0.29) is 14.9 Å². The predicted octanol–water partition coefficient (Wildman–Crippen LogP) is 6.47. The van der Waals surface area contributed by atoms with Gasteiger partial charge in [-0.05, 0) is 61.4 Å². The normalized spacial score (nSPS) is 11.1. The van der Waals surface area contributed by atoms with Gasteiger partial charge in [0, 0.05) is 48.8 Å². The third-order valence-electron chi connectivity index (χ3n) is 6.62. The van der Waals surface area contributed by atoms with Crippen molar-refractivity contribution in [2.75, 3.05) is 37.0 Å². The Morgan fingerprint density at radius 3 is 1.25 bits per heavy atom. The number of aromatic nitrogens is 4. The van der Waals surface area contributed by atoms with Crippen molar-refractivity contribution in [3.8, 4) is 0 Å². The number of azo groups is 2. The minimum atomic E-state index is 0. The van der Waals surface area contributed by atoms with Gasteiger partial charge in [0.1, 0.15) is 11.4 Å². The second-order valence-corrected chi connectivity index (χ2v) is 9.62. The Balaban J connectivity index is 0.00000280. The predicted molar refractivity (Wildman–Crippen MR) is 164 cm³/mol. The molecule has 4 rings (SSSR count). The summed E-state index contributed by atoms with van der Waals surface area (Å²) in [5, 5.41) is 17.5. The molecule has 0 saturated heterocycles. The van der Waals surface area contributed by atoms with Gasteiger partial charge < -0.3 is 9.80 Å². The quantitative estimate of drug-likeness (QED) is 0.123. The first-order valence-corrected chi connectivity index (χ1v) is 12.8. The third kappa shape index (κ3) is 8.08. The number of hydrogen-bond donors (Lipinski definition) is 0. The van der Waals surface area contributed by atoms with Gasteiger partial charge >= 0.3 is 11.9 Å². The van der Waals surface area contributed by atoms with E-state index in [2.05, 4.69) is 68.6 Å². The Morgan fingerprint density at radius 1 is 0.600 bits per heavy atom. The fourth-order valence-corrected chi connectivity index (χ4v) is 4.16. The van der Waals surface area contributed by atoms with Crippen LogP contribution in [0.3, 0.4) is 0 Å². The minimum Gasteiger partial charge on any atom is -0.375 e. The third-order valence-corrected chi connectivity index (χ3v) is 6.62. The van der Waals surface area contributed by atoms with Crippen LogP contribution in [0.4, 0.5) is 34.6 Å². The van der Waals surface area contributed by atoms with Crippen molar-refractivity contribution in [3.63, 3.8) is 0 Å². The average molecular weight is 547 g/mol. The lowest BCUT2D eigenvalue weighted by atomic mass is 10.2. The molecule has 0 amide bonds. The van der Waals surface area contributed by atoms with Crippen LogP contribution < -0.4 is 18.9 Å². The molecule has 0 radical (unpaired) electrons. The second kappa shape index (κ2) is 14.7. The van der Waals surface area contributed by atoms with Crippen LogP contribution in [-0.4, -0.2) is 36.3 Å². The first kappa shape index (κ1) is 31.9. The maximum Gasteiger partial charge on any atom is 0.421 e. The van der Waals surface area contributed by atoms with Crippen molar-refractivity contribution in [2.24, 2.45) is 48.6 Å². The molecular formula is C30H46N10+2. The number of imidazole rings is 2. The van der Waals surface area contributed by atoms with E-state index in [9.17, 15) is 0 Å². The fraction of sp³-hybridized carbons (Fsp3) is 0.400. The van der Waals surface area contributed by atoms with Gasteiger partial charge in [-0.25, -0.2) is 18.3 Å². The molecule has 2 aromatic carbocycles. The van der Waals surface area contributed by atoms with E-state index in [4.69, 9.17) is 0 Å². The zero-order valence-electron chi connectivity index (χ0n) is 23.2. The number of benzene rings is 2. The van der Waals surface area contributed by atoms with Gasteiger partial charge in [-0.2, -0.15) is 0 Å². The van der Waals surface area contributed by atoms with E-state index in [1.807, 2.05) is 95.5 Å². The first-order chi connectivity index (χ1) is 18.3. The van der Waals surface area contributed by atoms with Crippen LogP contribution in [0.25, 0.3) is 0 Å². The Hall–Kier alpha value is -4.34. The van der Waals surface area contributed by atoms with Gasteiger partial charge in [-0.3, -0.25) is 0 Å². The number of nitrogens with zero attached hydrogens (tertiary/aromatic N) is 10. The summed E-state index contributed by atoms with van der Waals surface area (Å²) in [6, 6.07) is 16.4. The lowest BCUT2D eigenvalue weighted by Gasteiger charge is -2.22. The highest BCUT2D eigenvalue weighted by atomic mass is 15.3. The van der Waals surface area contributed by atoms with E-state index in [0.717, 1.165) is 49.2 Å². The molecular weight excluding hydrogens is 500 g/mol. The molecule has 10 heteroatoms. The molecule has 0 bridgehead atoms. The van der Waals surface area contributed by atoms with Gasteiger partial charge in [-0.1, -0.05) is 25.1 Å². The van der Waals surface area contributed by atoms with Crippen LogP contribution in [0.1, 0.15) is 27.7 Å². The molecule has 2 aromatic heterocycles. The van der Waals surface area contributed by atoms with Gasteiger partial charge in [0.15, 0.2) is 0 Å². The van der Waals surface area contributed by atoms with Crippen LogP contribution in [-0.2, 0) is 28.2 Å². The smallest absolute Gasteiger partial charge is 0.375 e. The first-order valence-electron chi connectivity index (χ1n) is 12.8. The van der Waals surface area contributed by atoms with Gasteiger partial charge in [0.2, 0.25) is 0 Å². The topological polar surface area (TPSA) is 73.5 Å². The molecule has 2 heterocycles. The second-order valence-electron chi connectivity index (χ2n) is 9.62. The maximum atomic E-state index is 4.37. The largest absolute Gasteiger partial charge is 0.421 e. The molecule has 0 fully saturated rings. The zero-order valence-corrected chi connectivity index (χ0v) is 23.2. The van der Waals surface area contributed by atoms with Crippen molar-refractivity contribution in [3.05, 3.63) is 73.3 Å². The van der Waals surface area contributed by atoms with Crippen LogP contribution >= 0.6 is 0 Å². The molecule has 4 aromatic rings. The van der Waals surface area contributed by atoms with Gasteiger partial charge in [0.25, 0.3) is 0 Å². The zero-order chi connectivity index (χ0) is 27.1. The summed E-state index contributed by atoms with van der Waals surface area (Å²) in [6.07, 6.45) is 10.0. The summed E-state index contributed by atoms with van der Waals surface area (Å²) >= 11 is 0. The summed E-state index contributed by atoms with van der Waals surface area (Å²) in [5.41, 5.74) is 4.03. The van der Waals surface area contributed by atoms with Crippen molar-refractivity contribution in [1.82, 2.24) is 9.13 Å². The van der Waals surface area contributed by atoms with E-state index in [0.29, 0.717) is 0 Å². The Bertz CT molecular complexity index is 1230. The standard InChI is InChI=1S/C28H38N10.2CH4/c1-33(25-13-9-23(10-14-25)29-31-27-35(3)19-20-36(27)4)17-7-8-18-34(2)26-15-11-24(12-16-26)30-32-28-37(5)21-22-38(28)6;;/h9-16,19-22H,7-8,17-18H2,1-6H3;2*1H4/q+2;;. The molecule has 10 nitrogen and oxygen atoms in total. The van der Waals surface area contributed by atoms with E-state index >= 15 is 0 Å². The number of hydrogen-bond acceptors (Lipinski definition) is 6. The molecule has 0 aliphatic rings. The summed E-state index contributed by atoms with van der Waals surface area (Å²) in [4.78, 5) is 4.56. The highest BCUT2D eigenvalue weighted by Crippen LogP contribution is 2.22. The highest BCUT2D eigenvalue weighted by molar-refractivity contribution is 5.53. The molecule has 0 aliphatic carbocycles. The molecule has 0 N–H and O–H groups in total. The number of rotatable bonds is 11. The summed E-state index contributed by atoms with van der Waals surface area (Å²) in [6.45, 7) is 1.98. The van der Waals surface area contributed by atoms with Crippen LogP contribution in [0.15, 0.2) is 93.8 Å². The molecule has 0 saturated carbocycles. The fourth-order valence-electron chi connectivity index (χ4n) is 4.16. The molecule has 0 unspecified atom stereocenters. The summed E-state index contributed by atoms with van der Waals surface area (Å²) < 4.78 is 7.77. The molecule has 0 atom stereocenters. The van der Waals surface area contributed by atoms with E-state index in [1.165, 1.54) is 11.4 Å². The van der Waals surface area contributed by atoms with E-state index in [1.54, 1.807) is 0 Å². The Labute approximate surface area is 239 Å². The van der Waals surface area contributed by atoms with Crippen molar-refractivity contribution >= 4 is 34.6 Å². The van der Waals surface area contributed by atoms with Crippen LogP contribution in [0.5, 0.6) is 0 Å². The minimum absolute atomic E-state index is 0. The van der Waals surface area contributed by atoms with Crippen molar-refractivity contribution in [1.29, 1.82) is 0 Å². The maximum absolute atomic E-state index is 4.37. The van der Waals surface area contributed by atoms with Crippen LogP contribution in [0.2, 0.25) is 0 Å². The van der Waals surface area contributed by atoms with Crippen molar-refractivity contribution in [2.45, 2.75) is 27.7 Å². The van der Waals surface area contributed by atoms with Gasteiger partial charge in [0.05, 0.1) is 53.0 Å². The highest BCUT2D eigenvalue weighted by Gasteiger charge is 2.11. The lowest BCUT2D eigenvalue weighted by Crippen LogP contribution is -2.25. The molecule has 0 spiro atoms. The summed E-state index contributed by atoms with van der Waals surface area (Å²) in [5.74, 6) is 1.60. The SMILES string of the molecule is C.C.CN(CCCCN(C)c1ccc(N=Nc2n(C)cc[n+]2C)cc1)c1ccc(N=Nc2n(C)cc[n+]2C)cc1. The van der Waals surface area contributed by atoms with Gasteiger partial charge in [-0.15, -0.1) is 0 Å². The van der Waals surface area contributed by atoms with E-state index < -0.39 is 0 Å². The monoisotopic (exact) mass is 546 g/mol. The Morgan fingerprint density at radius 2 is 0.950 bits per heavy atom. The Kier molecular flexibility index (Phi) is 11.7. The number of anilines is 2. The van der Waals surface area contributed by atoms with Crippen LogP contribution in [0, 0.1) is 0 Å². The van der Waals surface area contributed by atoms with Crippen molar-refractivity contribution < 1.29 is 9.13 Å². The number of unbranched alkanes of at least 4 members (excludes halogenated alkanes) is 1. The number of aryl methyl sites for hydroxylation is 4.